The first-order chi connectivity index (χ1) is 7.77. The second-order valence-corrected chi connectivity index (χ2v) is 4.50. The van der Waals surface area contributed by atoms with Gasteiger partial charge in [-0.15, -0.1) is 0 Å². The molecule has 1 saturated carbocycles. The van der Waals surface area contributed by atoms with Crippen molar-refractivity contribution in [1.82, 2.24) is 9.55 Å². The molecule has 0 saturated heterocycles. The highest BCUT2D eigenvalue weighted by molar-refractivity contribution is 5.42. The number of benzene rings is 1. The van der Waals surface area contributed by atoms with Gasteiger partial charge >= 0.3 is 0 Å². The van der Waals surface area contributed by atoms with E-state index in [1.165, 1.54) is 5.56 Å². The van der Waals surface area contributed by atoms with Crippen molar-refractivity contribution in [2.75, 3.05) is 0 Å². The Morgan fingerprint density at radius 1 is 1.31 bits per heavy atom. The maximum Gasteiger partial charge on any atom is 0.0991 e. The van der Waals surface area contributed by atoms with Crippen molar-refractivity contribution in [2.24, 2.45) is 0 Å². The molecule has 1 fully saturated rings. The van der Waals surface area contributed by atoms with Crippen LogP contribution in [0.2, 0.25) is 0 Å². The van der Waals surface area contributed by atoms with Crippen molar-refractivity contribution in [3.63, 3.8) is 0 Å². The lowest BCUT2D eigenvalue weighted by Gasteiger charge is -2.13. The number of hydrogen-bond acceptors (Lipinski definition) is 2. The molecule has 82 valence electrons. The van der Waals surface area contributed by atoms with Gasteiger partial charge in [-0.3, -0.25) is 0 Å². The Labute approximate surface area is 94.4 Å². The fourth-order valence-electron chi connectivity index (χ4n) is 1.99. The Balaban J connectivity index is 1.98. The van der Waals surface area contributed by atoms with Crippen LogP contribution in [0.4, 0.5) is 0 Å². The molecule has 3 nitrogen and oxygen atoms in total. The van der Waals surface area contributed by atoms with Crippen molar-refractivity contribution in [2.45, 2.75) is 24.9 Å². The van der Waals surface area contributed by atoms with Gasteiger partial charge in [0.05, 0.1) is 11.9 Å². The molecule has 1 aromatic carbocycles. The molecule has 0 aliphatic heterocycles. The van der Waals surface area contributed by atoms with Gasteiger partial charge in [-0.2, -0.15) is 0 Å². The Morgan fingerprint density at radius 3 is 2.81 bits per heavy atom. The molecule has 16 heavy (non-hydrogen) atoms. The number of rotatable bonds is 3. The van der Waals surface area contributed by atoms with Crippen LogP contribution in [0, 0.1) is 0 Å². The molecule has 0 radical (unpaired) electrons. The second kappa shape index (κ2) is 3.46. The maximum atomic E-state index is 9.98. The Kier molecular flexibility index (Phi) is 2.07. The van der Waals surface area contributed by atoms with Gasteiger partial charge in [-0.1, -0.05) is 18.2 Å². The van der Waals surface area contributed by atoms with E-state index in [0.29, 0.717) is 0 Å². The van der Waals surface area contributed by atoms with E-state index in [-0.39, 0.29) is 0 Å². The molecule has 0 amide bonds. The smallest absolute Gasteiger partial charge is 0.0991 e. The molecule has 1 N–H and O–H groups in total. The predicted molar refractivity (Wildman–Crippen MR) is 61.5 cm³/mol. The van der Waals surface area contributed by atoms with Crippen molar-refractivity contribution in [3.8, 4) is 5.69 Å². The lowest BCUT2D eigenvalue weighted by molar-refractivity contribution is 0.151. The number of imidazole rings is 1. The molecule has 1 aliphatic carbocycles. The highest BCUT2D eigenvalue weighted by Crippen LogP contribution is 2.39. The molecule has 3 heteroatoms. The van der Waals surface area contributed by atoms with Gasteiger partial charge in [-0.25, -0.2) is 4.98 Å². The van der Waals surface area contributed by atoms with Gasteiger partial charge in [0.1, 0.15) is 0 Å². The molecule has 1 aromatic heterocycles. The Bertz CT molecular complexity index is 486. The van der Waals surface area contributed by atoms with E-state index in [0.717, 1.165) is 24.9 Å². The van der Waals surface area contributed by atoms with E-state index in [1.807, 2.05) is 22.9 Å². The van der Waals surface area contributed by atoms with E-state index in [2.05, 4.69) is 17.1 Å². The van der Waals surface area contributed by atoms with Crippen molar-refractivity contribution in [3.05, 3.63) is 48.5 Å². The normalized spacial score (nSPS) is 17.3. The van der Waals surface area contributed by atoms with E-state index in [9.17, 15) is 5.11 Å². The fourth-order valence-corrected chi connectivity index (χ4v) is 1.99. The number of para-hydroxylation sites is 1. The average molecular weight is 214 g/mol. The first kappa shape index (κ1) is 9.60. The minimum Gasteiger partial charge on any atom is -0.390 e. The third-order valence-corrected chi connectivity index (χ3v) is 3.12. The predicted octanol–water partition coefficient (Wildman–Crippen LogP) is 1.94. The van der Waals surface area contributed by atoms with E-state index >= 15 is 0 Å². The van der Waals surface area contributed by atoms with Gasteiger partial charge in [0.25, 0.3) is 0 Å². The second-order valence-electron chi connectivity index (χ2n) is 4.50. The lowest BCUT2D eigenvalue weighted by atomic mass is 10.0. The van der Waals surface area contributed by atoms with Crippen molar-refractivity contribution >= 4 is 0 Å². The van der Waals surface area contributed by atoms with Crippen LogP contribution in [-0.2, 0) is 6.42 Å². The molecule has 1 aliphatic rings. The first-order valence-corrected chi connectivity index (χ1v) is 5.55. The summed E-state index contributed by atoms with van der Waals surface area (Å²) in [6.07, 6.45) is 8.06. The third kappa shape index (κ3) is 1.74. The molecule has 0 spiro atoms. The van der Waals surface area contributed by atoms with Crippen LogP contribution in [0.5, 0.6) is 0 Å². The van der Waals surface area contributed by atoms with E-state index in [4.69, 9.17) is 0 Å². The summed E-state index contributed by atoms with van der Waals surface area (Å²) in [5, 5.41) is 9.98. The number of aromatic nitrogens is 2. The van der Waals surface area contributed by atoms with E-state index in [1.54, 1.807) is 12.5 Å². The van der Waals surface area contributed by atoms with E-state index < -0.39 is 5.60 Å². The molecule has 3 rings (SSSR count). The zero-order valence-corrected chi connectivity index (χ0v) is 9.00. The van der Waals surface area contributed by atoms with Crippen LogP contribution in [0.3, 0.4) is 0 Å². The molecule has 0 atom stereocenters. The lowest BCUT2D eigenvalue weighted by Crippen LogP contribution is -2.12. The highest BCUT2D eigenvalue weighted by Gasteiger charge is 2.40. The summed E-state index contributed by atoms with van der Waals surface area (Å²) < 4.78 is 1.99. The third-order valence-electron chi connectivity index (χ3n) is 3.12. The summed E-state index contributed by atoms with van der Waals surface area (Å²) in [5.41, 5.74) is 1.84. The molecular formula is C13H14N2O. The minimum absolute atomic E-state index is 0.448. The number of hydrogen-bond donors (Lipinski definition) is 1. The van der Waals surface area contributed by atoms with Crippen molar-refractivity contribution in [1.29, 1.82) is 0 Å². The monoisotopic (exact) mass is 214 g/mol. The molecule has 0 unspecified atom stereocenters. The van der Waals surface area contributed by atoms with Crippen LogP contribution >= 0.6 is 0 Å². The largest absolute Gasteiger partial charge is 0.390 e. The van der Waals surface area contributed by atoms with Crippen LogP contribution in [0.15, 0.2) is 43.0 Å². The van der Waals surface area contributed by atoms with Gasteiger partial charge in [0.15, 0.2) is 0 Å². The van der Waals surface area contributed by atoms with Crippen LogP contribution in [0.1, 0.15) is 18.4 Å². The molecule has 2 aromatic rings. The first-order valence-electron chi connectivity index (χ1n) is 5.55. The number of aliphatic hydroxyl groups is 1. The van der Waals surface area contributed by atoms with Crippen LogP contribution in [-0.4, -0.2) is 20.3 Å². The quantitative estimate of drug-likeness (QED) is 0.848. The average Bonchev–Trinajstić information content (AvgIpc) is 2.83. The summed E-state index contributed by atoms with van der Waals surface area (Å²) in [5.74, 6) is 0. The van der Waals surface area contributed by atoms with Crippen LogP contribution in [0.25, 0.3) is 5.69 Å². The summed E-state index contributed by atoms with van der Waals surface area (Å²) in [6.45, 7) is 0. The standard InChI is InChI=1S/C13H14N2O/c16-13(5-6-13)9-11-3-1-2-4-12(11)15-8-7-14-10-15/h1-4,7-8,10,16H,5-6,9H2. The summed E-state index contributed by atoms with van der Waals surface area (Å²) in [7, 11) is 0. The zero-order valence-electron chi connectivity index (χ0n) is 9.00. The zero-order chi connectivity index (χ0) is 11.0. The highest BCUT2D eigenvalue weighted by atomic mass is 16.3. The summed E-state index contributed by atoms with van der Waals surface area (Å²) in [6, 6.07) is 8.16. The SMILES string of the molecule is OC1(Cc2ccccc2-n2ccnc2)CC1. The summed E-state index contributed by atoms with van der Waals surface area (Å²) in [4.78, 5) is 4.05. The number of nitrogens with zero attached hydrogens (tertiary/aromatic N) is 2. The minimum atomic E-state index is -0.448. The van der Waals surface area contributed by atoms with Crippen LogP contribution < -0.4 is 0 Å². The Morgan fingerprint density at radius 2 is 2.12 bits per heavy atom. The topological polar surface area (TPSA) is 38.0 Å². The molecule has 1 heterocycles. The fraction of sp³-hybridized carbons (Fsp3) is 0.308. The molecule has 0 bridgehead atoms. The van der Waals surface area contributed by atoms with Crippen molar-refractivity contribution < 1.29 is 5.11 Å². The molecular weight excluding hydrogens is 200 g/mol. The van der Waals surface area contributed by atoms with Gasteiger partial charge in [-0.05, 0) is 24.5 Å². The van der Waals surface area contributed by atoms with Gasteiger partial charge in [0.2, 0.25) is 0 Å². The maximum absolute atomic E-state index is 9.98. The Hall–Kier alpha value is -1.61. The summed E-state index contributed by atoms with van der Waals surface area (Å²) >= 11 is 0. The van der Waals surface area contributed by atoms with Gasteiger partial charge in [0, 0.05) is 24.5 Å². The van der Waals surface area contributed by atoms with Gasteiger partial charge < -0.3 is 9.67 Å².